The van der Waals surface area contributed by atoms with Crippen LogP contribution in [-0.2, 0) is 4.79 Å². The molecular formula is C14H25N3O3. The van der Waals surface area contributed by atoms with Gasteiger partial charge in [0.25, 0.3) is 0 Å². The molecule has 6 heteroatoms. The lowest BCUT2D eigenvalue weighted by atomic mass is 10.2. The van der Waals surface area contributed by atoms with Gasteiger partial charge >= 0.3 is 12.0 Å². The van der Waals surface area contributed by atoms with Crippen molar-refractivity contribution in [3.05, 3.63) is 0 Å². The van der Waals surface area contributed by atoms with Gasteiger partial charge in [-0.3, -0.25) is 9.69 Å². The average Bonchev–Trinajstić information content (AvgIpc) is 3.19. The van der Waals surface area contributed by atoms with Crippen LogP contribution in [0.25, 0.3) is 0 Å². The van der Waals surface area contributed by atoms with Crippen LogP contribution >= 0.6 is 0 Å². The highest BCUT2D eigenvalue weighted by molar-refractivity contribution is 5.75. The Kier molecular flexibility index (Phi) is 4.86. The highest BCUT2D eigenvalue weighted by Gasteiger charge is 2.31. The Morgan fingerprint density at radius 1 is 1.20 bits per heavy atom. The largest absolute Gasteiger partial charge is 0.480 e. The van der Waals surface area contributed by atoms with Crippen molar-refractivity contribution in [2.75, 3.05) is 39.3 Å². The van der Waals surface area contributed by atoms with Crippen molar-refractivity contribution < 1.29 is 14.7 Å². The Morgan fingerprint density at radius 2 is 1.80 bits per heavy atom. The third-order valence-electron chi connectivity index (χ3n) is 4.02. The molecule has 114 valence electrons. The fourth-order valence-electron chi connectivity index (χ4n) is 2.56. The van der Waals surface area contributed by atoms with E-state index in [2.05, 4.69) is 13.8 Å². The zero-order valence-corrected chi connectivity index (χ0v) is 12.4. The summed E-state index contributed by atoms with van der Waals surface area (Å²) in [4.78, 5) is 28.9. The maximum absolute atomic E-state index is 12.5. The lowest BCUT2D eigenvalue weighted by Crippen LogP contribution is -2.55. The molecule has 2 rings (SSSR count). The molecule has 1 saturated heterocycles. The second-order valence-corrected chi connectivity index (χ2v) is 6.13. The summed E-state index contributed by atoms with van der Waals surface area (Å²) in [6.07, 6.45) is 2.48. The van der Waals surface area contributed by atoms with Gasteiger partial charge < -0.3 is 14.9 Å². The Morgan fingerprint density at radius 3 is 2.25 bits per heavy atom. The van der Waals surface area contributed by atoms with E-state index in [1.54, 1.807) is 0 Å². The summed E-state index contributed by atoms with van der Waals surface area (Å²) in [7, 11) is 0. The first-order valence-corrected chi connectivity index (χ1v) is 7.47. The van der Waals surface area contributed by atoms with Gasteiger partial charge in [-0.1, -0.05) is 0 Å². The SMILES string of the molecule is CC(C)N(CC1CC1)C(=O)N1CCN(CC(=O)O)CC1. The minimum Gasteiger partial charge on any atom is -0.480 e. The summed E-state index contributed by atoms with van der Waals surface area (Å²) in [5, 5.41) is 8.78. The minimum atomic E-state index is -0.803. The maximum atomic E-state index is 12.5. The van der Waals surface area contributed by atoms with Crippen molar-refractivity contribution in [2.24, 2.45) is 5.92 Å². The van der Waals surface area contributed by atoms with E-state index in [0.717, 1.165) is 6.54 Å². The van der Waals surface area contributed by atoms with E-state index in [0.29, 0.717) is 32.1 Å². The summed E-state index contributed by atoms with van der Waals surface area (Å²) in [5.41, 5.74) is 0. The van der Waals surface area contributed by atoms with Crippen molar-refractivity contribution in [2.45, 2.75) is 32.7 Å². The normalized spacial score (nSPS) is 20.2. The monoisotopic (exact) mass is 283 g/mol. The van der Waals surface area contributed by atoms with Gasteiger partial charge in [-0.05, 0) is 32.6 Å². The Balaban J connectivity index is 1.84. The quantitative estimate of drug-likeness (QED) is 0.815. The first-order valence-electron chi connectivity index (χ1n) is 7.47. The molecule has 0 radical (unpaired) electrons. The fourth-order valence-corrected chi connectivity index (χ4v) is 2.56. The van der Waals surface area contributed by atoms with Gasteiger partial charge in [-0.2, -0.15) is 0 Å². The van der Waals surface area contributed by atoms with Gasteiger partial charge in [0.05, 0.1) is 6.54 Å². The summed E-state index contributed by atoms with van der Waals surface area (Å²) < 4.78 is 0. The maximum Gasteiger partial charge on any atom is 0.320 e. The molecule has 2 amide bonds. The number of urea groups is 1. The molecule has 0 aromatic carbocycles. The number of carboxylic acids is 1. The molecule has 20 heavy (non-hydrogen) atoms. The highest BCUT2D eigenvalue weighted by Crippen LogP contribution is 2.30. The van der Waals surface area contributed by atoms with Crippen molar-refractivity contribution in [3.8, 4) is 0 Å². The standard InChI is InChI=1S/C14H25N3O3/c1-11(2)17(9-12-3-4-12)14(20)16-7-5-15(6-8-16)10-13(18)19/h11-12H,3-10H2,1-2H3,(H,18,19). The van der Waals surface area contributed by atoms with E-state index in [4.69, 9.17) is 5.11 Å². The number of hydrogen-bond donors (Lipinski definition) is 1. The molecule has 6 nitrogen and oxygen atoms in total. The predicted molar refractivity (Wildman–Crippen MR) is 75.6 cm³/mol. The van der Waals surface area contributed by atoms with E-state index in [9.17, 15) is 9.59 Å². The molecule has 0 spiro atoms. The van der Waals surface area contributed by atoms with Crippen LogP contribution in [0, 0.1) is 5.92 Å². The van der Waals surface area contributed by atoms with Crippen LogP contribution in [0.15, 0.2) is 0 Å². The number of piperazine rings is 1. The smallest absolute Gasteiger partial charge is 0.320 e. The molecule has 1 saturated carbocycles. The van der Waals surface area contributed by atoms with Crippen LogP contribution < -0.4 is 0 Å². The van der Waals surface area contributed by atoms with E-state index < -0.39 is 5.97 Å². The van der Waals surface area contributed by atoms with Gasteiger partial charge in [0.15, 0.2) is 0 Å². The van der Waals surface area contributed by atoms with Crippen LogP contribution in [0.2, 0.25) is 0 Å². The number of amides is 2. The summed E-state index contributed by atoms with van der Waals surface area (Å²) >= 11 is 0. The van der Waals surface area contributed by atoms with Crippen LogP contribution in [0.3, 0.4) is 0 Å². The topological polar surface area (TPSA) is 64.1 Å². The lowest BCUT2D eigenvalue weighted by Gasteiger charge is -2.38. The molecule has 0 unspecified atom stereocenters. The number of hydrogen-bond acceptors (Lipinski definition) is 3. The third kappa shape index (κ3) is 4.10. The molecule has 1 N–H and O–H groups in total. The van der Waals surface area contributed by atoms with E-state index in [1.165, 1.54) is 12.8 Å². The zero-order chi connectivity index (χ0) is 14.7. The van der Waals surface area contributed by atoms with Crippen molar-refractivity contribution in [1.29, 1.82) is 0 Å². The summed E-state index contributed by atoms with van der Waals surface area (Å²) in [6.45, 7) is 7.59. The molecule has 0 bridgehead atoms. The highest BCUT2D eigenvalue weighted by atomic mass is 16.4. The number of carboxylic acid groups (broad SMARTS) is 1. The van der Waals surface area contributed by atoms with Crippen molar-refractivity contribution >= 4 is 12.0 Å². The van der Waals surface area contributed by atoms with E-state index >= 15 is 0 Å². The Bertz CT molecular complexity index is 361. The zero-order valence-electron chi connectivity index (χ0n) is 12.4. The number of nitrogens with zero attached hydrogens (tertiary/aromatic N) is 3. The number of rotatable bonds is 5. The van der Waals surface area contributed by atoms with Gasteiger partial charge in [-0.15, -0.1) is 0 Å². The molecule has 1 heterocycles. The molecular weight excluding hydrogens is 258 g/mol. The van der Waals surface area contributed by atoms with Crippen LogP contribution in [0.4, 0.5) is 4.79 Å². The molecule has 1 aliphatic carbocycles. The first-order chi connectivity index (χ1) is 9.47. The second kappa shape index (κ2) is 6.43. The lowest BCUT2D eigenvalue weighted by molar-refractivity contribution is -0.138. The van der Waals surface area contributed by atoms with Crippen LogP contribution in [0.5, 0.6) is 0 Å². The van der Waals surface area contributed by atoms with Crippen LogP contribution in [0.1, 0.15) is 26.7 Å². The second-order valence-electron chi connectivity index (χ2n) is 6.13. The molecule has 0 aromatic heterocycles. The Hall–Kier alpha value is -1.30. The van der Waals surface area contributed by atoms with Gasteiger partial charge in [0, 0.05) is 38.8 Å². The summed E-state index contributed by atoms with van der Waals surface area (Å²) in [5.74, 6) is -0.114. The summed E-state index contributed by atoms with van der Waals surface area (Å²) in [6, 6.07) is 0.335. The number of carbonyl (C=O) groups excluding carboxylic acids is 1. The van der Waals surface area contributed by atoms with Gasteiger partial charge in [-0.25, -0.2) is 4.79 Å². The van der Waals surface area contributed by atoms with E-state index in [-0.39, 0.29) is 18.6 Å². The number of carbonyl (C=O) groups is 2. The van der Waals surface area contributed by atoms with Gasteiger partial charge in [0.2, 0.25) is 0 Å². The fraction of sp³-hybridized carbons (Fsp3) is 0.857. The van der Waals surface area contributed by atoms with Crippen molar-refractivity contribution in [1.82, 2.24) is 14.7 Å². The molecule has 0 aromatic rings. The predicted octanol–water partition coefficient (Wildman–Crippen LogP) is 0.929. The first kappa shape index (κ1) is 15.1. The third-order valence-corrected chi connectivity index (χ3v) is 4.02. The molecule has 1 aliphatic heterocycles. The minimum absolute atomic E-state index is 0.0675. The average molecular weight is 283 g/mol. The molecule has 2 fully saturated rings. The number of aliphatic carboxylic acids is 1. The molecule has 0 atom stereocenters. The Labute approximate surface area is 120 Å². The van der Waals surface area contributed by atoms with Crippen LogP contribution in [-0.4, -0.2) is 77.1 Å². The van der Waals surface area contributed by atoms with Gasteiger partial charge in [0.1, 0.15) is 0 Å². The van der Waals surface area contributed by atoms with E-state index in [1.807, 2.05) is 14.7 Å². The molecule has 2 aliphatic rings. The van der Waals surface area contributed by atoms with Crippen molar-refractivity contribution in [3.63, 3.8) is 0 Å².